The highest BCUT2D eigenvalue weighted by molar-refractivity contribution is 7.98. The molecule has 6 nitrogen and oxygen atoms in total. The fraction of sp³-hybridized carbons (Fsp3) is 0.235. The molecule has 1 aliphatic heterocycles. The smallest absolute Gasteiger partial charge is 0.336 e. The number of rotatable bonds is 3. The average molecular weight is 361 g/mol. The molecule has 0 saturated heterocycles. The summed E-state index contributed by atoms with van der Waals surface area (Å²) in [6, 6.07) is 5.81. The second-order valence-electron chi connectivity index (χ2n) is 5.48. The Labute approximate surface area is 147 Å². The Hall–Kier alpha value is -2.61. The summed E-state index contributed by atoms with van der Waals surface area (Å²) in [6.45, 7) is 1.70. The zero-order valence-electron chi connectivity index (χ0n) is 13.8. The van der Waals surface area contributed by atoms with E-state index in [4.69, 9.17) is 4.74 Å². The van der Waals surface area contributed by atoms with Gasteiger partial charge >= 0.3 is 5.97 Å². The van der Waals surface area contributed by atoms with Crippen LogP contribution in [0.4, 0.5) is 10.2 Å². The Morgan fingerprint density at radius 1 is 1.40 bits per heavy atom. The number of halogens is 1. The summed E-state index contributed by atoms with van der Waals surface area (Å²) in [7, 11) is 1.26. The molecule has 1 aromatic carbocycles. The lowest BCUT2D eigenvalue weighted by molar-refractivity contribution is -0.136. The van der Waals surface area contributed by atoms with E-state index in [0.29, 0.717) is 22.2 Å². The van der Waals surface area contributed by atoms with E-state index in [-0.39, 0.29) is 16.7 Å². The number of nitrogens with zero attached hydrogens (tertiary/aromatic N) is 1. The van der Waals surface area contributed by atoms with Gasteiger partial charge in [0.05, 0.1) is 24.2 Å². The molecule has 0 amide bonds. The molecule has 0 radical (unpaired) electrons. The highest BCUT2D eigenvalue weighted by atomic mass is 32.2. The molecular formula is C17H16FN3O3S. The van der Waals surface area contributed by atoms with E-state index in [1.807, 2.05) is 0 Å². The summed E-state index contributed by atoms with van der Waals surface area (Å²) < 4.78 is 18.6. The summed E-state index contributed by atoms with van der Waals surface area (Å²) >= 11 is 1.29. The Kier molecular flexibility index (Phi) is 4.63. The second-order valence-corrected chi connectivity index (χ2v) is 6.28. The number of hydrogen-bond donors (Lipinski definition) is 2. The van der Waals surface area contributed by atoms with Gasteiger partial charge in [0, 0.05) is 5.70 Å². The standard InChI is InChI=1S/C17H16FN3O3S/c1-8-11(16(23)24-2)12(9-5-4-6-10(18)7-9)13-14(19-8)20-17(25-3)21-15(13)22/h4-7,12H,1-3H3,(H2,19,20,21,22)/t12-/m0/s1. The molecule has 0 unspecified atom stereocenters. The third kappa shape index (κ3) is 3.05. The van der Waals surface area contributed by atoms with Gasteiger partial charge in [-0.3, -0.25) is 4.79 Å². The summed E-state index contributed by atoms with van der Waals surface area (Å²) in [4.78, 5) is 32.1. The Morgan fingerprint density at radius 3 is 2.80 bits per heavy atom. The van der Waals surface area contributed by atoms with E-state index in [0.717, 1.165) is 0 Å². The largest absolute Gasteiger partial charge is 0.466 e. The maximum absolute atomic E-state index is 13.8. The van der Waals surface area contributed by atoms with E-state index in [2.05, 4.69) is 15.3 Å². The number of thioether (sulfide) groups is 1. The van der Waals surface area contributed by atoms with Crippen LogP contribution in [0.5, 0.6) is 0 Å². The minimum absolute atomic E-state index is 0.254. The monoisotopic (exact) mass is 361 g/mol. The van der Waals surface area contributed by atoms with Crippen LogP contribution in [0.3, 0.4) is 0 Å². The van der Waals surface area contributed by atoms with Crippen molar-refractivity contribution < 1.29 is 13.9 Å². The van der Waals surface area contributed by atoms with Gasteiger partial charge in [-0.25, -0.2) is 14.2 Å². The van der Waals surface area contributed by atoms with E-state index in [1.165, 1.54) is 37.1 Å². The maximum atomic E-state index is 13.8. The molecule has 2 heterocycles. The highest BCUT2D eigenvalue weighted by Crippen LogP contribution is 2.39. The number of H-pyrrole nitrogens is 1. The van der Waals surface area contributed by atoms with E-state index >= 15 is 0 Å². The third-order valence-corrected chi connectivity index (χ3v) is 4.58. The van der Waals surface area contributed by atoms with Crippen molar-refractivity contribution in [3.8, 4) is 0 Å². The number of methoxy groups -OCH3 is 1. The van der Waals surface area contributed by atoms with Crippen molar-refractivity contribution in [3.63, 3.8) is 0 Å². The number of benzene rings is 1. The van der Waals surface area contributed by atoms with Gasteiger partial charge in [0.1, 0.15) is 11.6 Å². The Bertz CT molecular complexity index is 939. The summed E-state index contributed by atoms with van der Waals surface area (Å²) in [5.74, 6) is -1.46. The van der Waals surface area contributed by atoms with Gasteiger partial charge in [-0.15, -0.1) is 0 Å². The Balaban J connectivity index is 2.30. The normalized spacial score (nSPS) is 16.2. The van der Waals surface area contributed by atoms with E-state index in [1.54, 1.807) is 19.2 Å². The molecule has 3 rings (SSSR count). The van der Waals surface area contributed by atoms with Crippen LogP contribution in [0.25, 0.3) is 0 Å². The van der Waals surface area contributed by atoms with Crippen LogP contribution in [-0.2, 0) is 9.53 Å². The average Bonchev–Trinajstić information content (AvgIpc) is 2.59. The molecule has 0 fully saturated rings. The second kappa shape index (κ2) is 6.72. The molecule has 1 atom stereocenters. The van der Waals surface area contributed by atoms with Gasteiger partial charge in [0.15, 0.2) is 5.16 Å². The number of allylic oxidation sites excluding steroid dienone is 1. The molecule has 25 heavy (non-hydrogen) atoms. The molecular weight excluding hydrogens is 345 g/mol. The number of carbonyl (C=O) groups is 1. The van der Waals surface area contributed by atoms with Crippen molar-refractivity contribution >= 4 is 23.5 Å². The molecule has 0 saturated carbocycles. The van der Waals surface area contributed by atoms with Gasteiger partial charge in [-0.05, 0) is 30.9 Å². The minimum atomic E-state index is -0.772. The molecule has 1 aromatic heterocycles. The molecule has 130 valence electrons. The quantitative estimate of drug-likeness (QED) is 0.497. The van der Waals surface area contributed by atoms with Crippen LogP contribution in [0.1, 0.15) is 24.0 Å². The first-order valence-electron chi connectivity index (χ1n) is 7.46. The zero-order valence-corrected chi connectivity index (χ0v) is 14.7. The van der Waals surface area contributed by atoms with Crippen molar-refractivity contribution in [1.29, 1.82) is 0 Å². The van der Waals surface area contributed by atoms with Crippen molar-refractivity contribution in [1.82, 2.24) is 9.97 Å². The van der Waals surface area contributed by atoms with Gasteiger partial charge in [0.2, 0.25) is 0 Å². The SMILES string of the molecule is COC(=O)C1=C(C)Nc2nc(SC)[nH]c(=O)c2[C@H]1c1cccc(F)c1. The third-order valence-electron chi connectivity index (χ3n) is 4.00. The topological polar surface area (TPSA) is 84.1 Å². The lowest BCUT2D eigenvalue weighted by Crippen LogP contribution is -2.31. The Morgan fingerprint density at radius 2 is 2.16 bits per heavy atom. The predicted molar refractivity (Wildman–Crippen MR) is 93.2 cm³/mol. The van der Waals surface area contributed by atoms with Crippen molar-refractivity contribution in [3.05, 3.63) is 62.8 Å². The van der Waals surface area contributed by atoms with Gasteiger partial charge in [-0.2, -0.15) is 0 Å². The first-order chi connectivity index (χ1) is 12.0. The number of aromatic amines is 1. The summed E-state index contributed by atoms with van der Waals surface area (Å²) in [5.41, 5.74) is 1.12. The lowest BCUT2D eigenvalue weighted by atomic mass is 9.82. The fourth-order valence-electron chi connectivity index (χ4n) is 2.93. The minimum Gasteiger partial charge on any atom is -0.466 e. The van der Waals surface area contributed by atoms with Crippen molar-refractivity contribution in [2.45, 2.75) is 18.0 Å². The molecule has 2 aromatic rings. The maximum Gasteiger partial charge on any atom is 0.336 e. The first kappa shape index (κ1) is 17.2. The predicted octanol–water partition coefficient (Wildman–Crippen LogP) is 2.64. The van der Waals surface area contributed by atoms with Crippen LogP contribution in [-0.4, -0.2) is 29.3 Å². The first-order valence-corrected chi connectivity index (χ1v) is 8.68. The van der Waals surface area contributed by atoms with Gasteiger partial charge < -0.3 is 15.0 Å². The van der Waals surface area contributed by atoms with Crippen LogP contribution >= 0.6 is 11.8 Å². The molecule has 0 bridgehead atoms. The highest BCUT2D eigenvalue weighted by Gasteiger charge is 2.36. The number of fused-ring (bicyclic) bond motifs is 1. The lowest BCUT2D eigenvalue weighted by Gasteiger charge is -2.28. The van der Waals surface area contributed by atoms with Gasteiger partial charge in [0.25, 0.3) is 5.56 Å². The molecule has 0 spiro atoms. The van der Waals surface area contributed by atoms with Crippen LogP contribution in [0, 0.1) is 5.82 Å². The van der Waals surface area contributed by atoms with Crippen LogP contribution < -0.4 is 10.9 Å². The molecule has 8 heteroatoms. The van der Waals surface area contributed by atoms with Crippen LogP contribution in [0.2, 0.25) is 0 Å². The molecule has 2 N–H and O–H groups in total. The van der Waals surface area contributed by atoms with Crippen molar-refractivity contribution in [2.24, 2.45) is 0 Å². The number of carbonyl (C=O) groups excluding carboxylic acids is 1. The number of ether oxygens (including phenoxy) is 1. The van der Waals surface area contributed by atoms with E-state index in [9.17, 15) is 14.0 Å². The number of anilines is 1. The number of esters is 1. The van der Waals surface area contributed by atoms with Gasteiger partial charge in [-0.1, -0.05) is 23.9 Å². The molecule has 1 aliphatic rings. The fourth-order valence-corrected chi connectivity index (χ4v) is 3.30. The molecule has 0 aliphatic carbocycles. The van der Waals surface area contributed by atoms with Crippen molar-refractivity contribution in [2.75, 3.05) is 18.7 Å². The van der Waals surface area contributed by atoms with E-state index < -0.39 is 17.7 Å². The number of hydrogen-bond acceptors (Lipinski definition) is 6. The number of aromatic nitrogens is 2. The summed E-state index contributed by atoms with van der Waals surface area (Å²) in [5, 5.41) is 3.44. The van der Waals surface area contributed by atoms with Crippen LogP contribution in [0.15, 0.2) is 45.5 Å². The number of nitrogens with one attached hydrogen (secondary N) is 2. The summed E-state index contributed by atoms with van der Waals surface area (Å²) in [6.07, 6.45) is 1.79. The zero-order chi connectivity index (χ0) is 18.1.